The van der Waals surface area contributed by atoms with Crippen LogP contribution in [-0.4, -0.2) is 41.5 Å². The van der Waals surface area contributed by atoms with Crippen molar-refractivity contribution in [2.45, 2.75) is 32.7 Å². The maximum absolute atomic E-state index is 12.9. The average molecular weight is 313 g/mol. The van der Waals surface area contributed by atoms with Gasteiger partial charge in [-0.1, -0.05) is 13.0 Å². The first kappa shape index (κ1) is 15.7. The van der Waals surface area contributed by atoms with E-state index >= 15 is 0 Å². The van der Waals surface area contributed by atoms with Crippen molar-refractivity contribution in [1.82, 2.24) is 9.88 Å². The van der Waals surface area contributed by atoms with Gasteiger partial charge in [-0.25, -0.2) is 4.98 Å². The van der Waals surface area contributed by atoms with Crippen LogP contribution in [0.4, 0.5) is 5.82 Å². The van der Waals surface area contributed by atoms with Gasteiger partial charge in [0.05, 0.1) is 6.26 Å². The molecule has 3 rings (SSSR count). The number of aryl methyl sites for hydroxylation is 1. The third-order valence-corrected chi connectivity index (χ3v) is 4.46. The zero-order valence-corrected chi connectivity index (χ0v) is 13.7. The molecule has 1 aliphatic heterocycles. The fraction of sp³-hybridized carbons (Fsp3) is 0.444. The molecule has 1 fully saturated rings. The monoisotopic (exact) mass is 313 g/mol. The summed E-state index contributed by atoms with van der Waals surface area (Å²) in [6.45, 7) is 7.24. The normalized spacial score (nSPS) is 16.4. The number of hydrogen-bond donors (Lipinski definition) is 0. The summed E-state index contributed by atoms with van der Waals surface area (Å²) in [5.41, 5.74) is 1.08. The highest BCUT2D eigenvalue weighted by Gasteiger charge is 2.31. The Hall–Kier alpha value is -2.14. The number of rotatable bonds is 4. The van der Waals surface area contributed by atoms with Crippen LogP contribution in [0.1, 0.15) is 35.9 Å². The van der Waals surface area contributed by atoms with Crippen molar-refractivity contribution in [3.63, 3.8) is 0 Å². The Morgan fingerprint density at radius 2 is 2.13 bits per heavy atom. The minimum atomic E-state index is -0.110. The maximum atomic E-state index is 12.9. The molecule has 2 aromatic rings. The molecule has 0 N–H and O–H groups in total. The third-order valence-electron chi connectivity index (χ3n) is 4.46. The molecular weight excluding hydrogens is 290 g/mol. The molecular formula is C18H23N3O2. The smallest absolute Gasteiger partial charge is 0.295 e. The quantitative estimate of drug-likeness (QED) is 0.870. The van der Waals surface area contributed by atoms with Gasteiger partial charge < -0.3 is 9.32 Å². The summed E-state index contributed by atoms with van der Waals surface area (Å²) in [5.74, 6) is 0.957. The number of pyridine rings is 1. The van der Waals surface area contributed by atoms with Crippen molar-refractivity contribution in [2.24, 2.45) is 0 Å². The van der Waals surface area contributed by atoms with E-state index in [4.69, 9.17) is 4.42 Å². The van der Waals surface area contributed by atoms with Gasteiger partial charge in [-0.15, -0.1) is 0 Å². The molecule has 0 aromatic carbocycles. The summed E-state index contributed by atoms with van der Waals surface area (Å²) in [4.78, 5) is 21.6. The minimum absolute atomic E-state index is 0.110. The van der Waals surface area contributed by atoms with E-state index in [0.29, 0.717) is 11.6 Å². The van der Waals surface area contributed by atoms with E-state index in [0.717, 1.165) is 38.0 Å². The highest BCUT2D eigenvalue weighted by Crippen LogP contribution is 2.24. The largest absolute Gasteiger partial charge is 0.459 e. The predicted octanol–water partition coefficient (Wildman–Crippen LogP) is 3.11. The molecule has 2 aromatic heterocycles. The standard InChI is InChI=1S/C18H23N3O2/c1-3-20-10-8-15(9-11-20)21(17-7-6-14(2)13-19-17)18(22)16-5-4-12-23-16/h4-7,12-13,15H,3,8-11H2,1-2H3. The van der Waals surface area contributed by atoms with Gasteiger partial charge in [-0.2, -0.15) is 0 Å². The van der Waals surface area contributed by atoms with Crippen molar-refractivity contribution in [3.05, 3.63) is 48.0 Å². The Bertz CT molecular complexity index is 629. The van der Waals surface area contributed by atoms with Crippen molar-refractivity contribution in [2.75, 3.05) is 24.5 Å². The van der Waals surface area contributed by atoms with Gasteiger partial charge in [0.15, 0.2) is 5.76 Å². The number of amides is 1. The van der Waals surface area contributed by atoms with Gasteiger partial charge >= 0.3 is 0 Å². The molecule has 23 heavy (non-hydrogen) atoms. The van der Waals surface area contributed by atoms with Crippen LogP contribution < -0.4 is 4.90 Å². The second-order valence-corrected chi connectivity index (χ2v) is 6.01. The first-order chi connectivity index (χ1) is 11.2. The molecule has 1 aliphatic rings. The van der Waals surface area contributed by atoms with E-state index in [-0.39, 0.29) is 11.9 Å². The van der Waals surface area contributed by atoms with Crippen LogP contribution in [-0.2, 0) is 0 Å². The van der Waals surface area contributed by atoms with Crippen LogP contribution in [0.25, 0.3) is 0 Å². The fourth-order valence-corrected chi connectivity index (χ4v) is 3.07. The van der Waals surface area contributed by atoms with E-state index in [1.807, 2.05) is 24.0 Å². The van der Waals surface area contributed by atoms with Crippen molar-refractivity contribution in [3.8, 4) is 0 Å². The van der Waals surface area contributed by atoms with Crippen molar-refractivity contribution < 1.29 is 9.21 Å². The molecule has 0 radical (unpaired) electrons. The lowest BCUT2D eigenvalue weighted by atomic mass is 10.0. The Balaban J connectivity index is 1.87. The van der Waals surface area contributed by atoms with E-state index in [9.17, 15) is 4.79 Å². The summed E-state index contributed by atoms with van der Waals surface area (Å²) < 4.78 is 5.33. The van der Waals surface area contributed by atoms with Gasteiger partial charge in [0.25, 0.3) is 5.91 Å². The predicted molar refractivity (Wildman–Crippen MR) is 89.6 cm³/mol. The molecule has 0 bridgehead atoms. The second-order valence-electron chi connectivity index (χ2n) is 6.01. The Labute approximate surface area is 136 Å². The summed E-state index contributed by atoms with van der Waals surface area (Å²) in [7, 11) is 0. The van der Waals surface area contributed by atoms with Gasteiger partial charge in [0, 0.05) is 25.3 Å². The molecule has 0 saturated carbocycles. The summed E-state index contributed by atoms with van der Waals surface area (Å²) >= 11 is 0. The van der Waals surface area contributed by atoms with Crippen molar-refractivity contribution in [1.29, 1.82) is 0 Å². The highest BCUT2D eigenvalue weighted by atomic mass is 16.3. The number of piperidine rings is 1. The van der Waals surface area contributed by atoms with Crippen LogP contribution in [0, 0.1) is 6.92 Å². The van der Waals surface area contributed by atoms with E-state index in [2.05, 4.69) is 16.8 Å². The van der Waals surface area contributed by atoms with E-state index in [1.165, 1.54) is 6.26 Å². The molecule has 3 heterocycles. The molecule has 122 valence electrons. The van der Waals surface area contributed by atoms with Crippen LogP contribution in [0.3, 0.4) is 0 Å². The number of furan rings is 1. The highest BCUT2D eigenvalue weighted by molar-refractivity contribution is 6.04. The molecule has 5 nitrogen and oxygen atoms in total. The first-order valence-electron chi connectivity index (χ1n) is 8.21. The molecule has 0 atom stereocenters. The third kappa shape index (κ3) is 3.45. The van der Waals surface area contributed by atoms with Crippen LogP contribution in [0.2, 0.25) is 0 Å². The van der Waals surface area contributed by atoms with Crippen LogP contribution in [0.5, 0.6) is 0 Å². The van der Waals surface area contributed by atoms with E-state index < -0.39 is 0 Å². The number of carbonyl (C=O) groups is 1. The molecule has 0 spiro atoms. The van der Waals surface area contributed by atoms with Gasteiger partial charge in [0.1, 0.15) is 5.82 Å². The number of anilines is 1. The van der Waals surface area contributed by atoms with Crippen LogP contribution in [0.15, 0.2) is 41.1 Å². The van der Waals surface area contributed by atoms with Gasteiger partial charge in [-0.05, 0) is 50.1 Å². The average Bonchev–Trinajstić information content (AvgIpc) is 3.12. The van der Waals surface area contributed by atoms with E-state index in [1.54, 1.807) is 18.3 Å². The molecule has 0 unspecified atom stereocenters. The number of aromatic nitrogens is 1. The number of hydrogen-bond acceptors (Lipinski definition) is 4. The second kappa shape index (κ2) is 6.96. The lowest BCUT2D eigenvalue weighted by Crippen LogP contribution is -2.48. The van der Waals surface area contributed by atoms with Crippen LogP contribution >= 0.6 is 0 Å². The topological polar surface area (TPSA) is 49.6 Å². The van der Waals surface area contributed by atoms with Gasteiger partial charge in [0.2, 0.25) is 0 Å². The Morgan fingerprint density at radius 3 is 2.70 bits per heavy atom. The van der Waals surface area contributed by atoms with Gasteiger partial charge in [-0.3, -0.25) is 9.69 Å². The zero-order chi connectivity index (χ0) is 16.2. The maximum Gasteiger partial charge on any atom is 0.295 e. The first-order valence-corrected chi connectivity index (χ1v) is 8.21. The summed E-state index contributed by atoms with van der Waals surface area (Å²) in [5, 5.41) is 0. The number of carbonyl (C=O) groups excluding carboxylic acids is 1. The lowest BCUT2D eigenvalue weighted by Gasteiger charge is -2.37. The molecule has 5 heteroatoms. The number of nitrogens with zero attached hydrogens (tertiary/aromatic N) is 3. The Morgan fingerprint density at radius 1 is 1.35 bits per heavy atom. The zero-order valence-electron chi connectivity index (χ0n) is 13.7. The Kier molecular flexibility index (Phi) is 4.76. The molecule has 1 saturated heterocycles. The SMILES string of the molecule is CCN1CCC(N(C(=O)c2ccco2)c2ccc(C)cn2)CC1. The minimum Gasteiger partial charge on any atom is -0.459 e. The summed E-state index contributed by atoms with van der Waals surface area (Å²) in [6, 6.07) is 7.53. The lowest BCUT2D eigenvalue weighted by molar-refractivity contribution is 0.0933. The molecule has 1 amide bonds. The molecule has 0 aliphatic carbocycles. The summed E-state index contributed by atoms with van der Waals surface area (Å²) in [6.07, 6.45) is 5.25. The fourth-order valence-electron chi connectivity index (χ4n) is 3.07. The number of likely N-dealkylation sites (tertiary alicyclic amines) is 1. The van der Waals surface area contributed by atoms with Crippen molar-refractivity contribution >= 4 is 11.7 Å².